The molecule has 9 heteroatoms. The summed E-state index contributed by atoms with van der Waals surface area (Å²) in [6.45, 7) is 9.79. The molecule has 2 saturated heterocycles. The van der Waals surface area contributed by atoms with Crippen molar-refractivity contribution in [2.75, 3.05) is 31.6 Å². The second kappa shape index (κ2) is 9.54. The number of aryl methyl sites for hydroxylation is 1. The number of aromatic nitrogens is 3. The quantitative estimate of drug-likeness (QED) is 0.585. The number of carbonyl (C=O) groups excluding carboxylic acids is 1. The van der Waals surface area contributed by atoms with Crippen LogP contribution in [0.1, 0.15) is 45.2 Å². The molecule has 190 valence electrons. The van der Waals surface area contributed by atoms with E-state index in [1.807, 2.05) is 58.0 Å². The molecule has 1 N–H and O–H groups in total. The molecule has 0 saturated carbocycles. The Balaban J connectivity index is 1.46. The molecule has 1 aromatic carbocycles. The molecule has 3 aromatic rings. The van der Waals surface area contributed by atoms with Crippen LogP contribution in [0.25, 0.3) is 22.2 Å². The average molecular weight is 492 g/mol. The van der Waals surface area contributed by atoms with E-state index in [9.17, 15) is 9.59 Å². The van der Waals surface area contributed by atoms with Gasteiger partial charge in [-0.05, 0) is 57.7 Å². The summed E-state index contributed by atoms with van der Waals surface area (Å²) in [6, 6.07) is 9.69. The maximum atomic E-state index is 13.8. The predicted octanol–water partition coefficient (Wildman–Crippen LogP) is 4.15. The van der Waals surface area contributed by atoms with E-state index in [1.165, 1.54) is 0 Å². The summed E-state index contributed by atoms with van der Waals surface area (Å²) in [5.41, 5.74) is 2.57. The van der Waals surface area contributed by atoms with Gasteiger partial charge in [-0.25, -0.2) is 9.78 Å². The molecule has 5 rings (SSSR count). The van der Waals surface area contributed by atoms with E-state index in [0.717, 1.165) is 29.4 Å². The number of benzene rings is 1. The van der Waals surface area contributed by atoms with Crippen molar-refractivity contribution < 1.29 is 14.3 Å². The number of likely N-dealkylation sites (tertiary alicyclic amines) is 1. The lowest BCUT2D eigenvalue weighted by Gasteiger charge is -2.24. The van der Waals surface area contributed by atoms with E-state index in [1.54, 1.807) is 15.7 Å². The second-order valence-electron chi connectivity index (χ2n) is 10.6. The largest absolute Gasteiger partial charge is 0.444 e. The van der Waals surface area contributed by atoms with Gasteiger partial charge in [0.05, 0.1) is 12.6 Å². The molecule has 9 nitrogen and oxygen atoms in total. The molecule has 4 heterocycles. The van der Waals surface area contributed by atoms with Gasteiger partial charge in [0.25, 0.3) is 5.56 Å². The van der Waals surface area contributed by atoms with Crippen LogP contribution in [0.4, 0.5) is 10.7 Å². The van der Waals surface area contributed by atoms with Crippen molar-refractivity contribution in [2.45, 2.75) is 58.2 Å². The van der Waals surface area contributed by atoms with Crippen LogP contribution in [0.5, 0.6) is 0 Å². The Morgan fingerprint density at radius 2 is 2.00 bits per heavy atom. The maximum Gasteiger partial charge on any atom is 0.410 e. The molecule has 2 aliphatic heterocycles. The lowest BCUT2D eigenvalue weighted by Crippen LogP contribution is -2.36. The summed E-state index contributed by atoms with van der Waals surface area (Å²) in [4.78, 5) is 37.2. The van der Waals surface area contributed by atoms with Crippen molar-refractivity contribution in [1.82, 2.24) is 19.4 Å². The van der Waals surface area contributed by atoms with E-state index in [2.05, 4.69) is 10.3 Å². The molecule has 2 aromatic heterocycles. The minimum atomic E-state index is -0.533. The minimum Gasteiger partial charge on any atom is -0.444 e. The van der Waals surface area contributed by atoms with Gasteiger partial charge in [-0.15, -0.1) is 0 Å². The Labute approximate surface area is 210 Å². The van der Waals surface area contributed by atoms with Gasteiger partial charge in [-0.3, -0.25) is 9.36 Å². The highest BCUT2D eigenvalue weighted by Crippen LogP contribution is 2.28. The number of carbonyl (C=O) groups is 1. The molecular weight excluding hydrogens is 458 g/mol. The van der Waals surface area contributed by atoms with Crippen molar-refractivity contribution in [3.8, 4) is 11.1 Å². The first-order valence-electron chi connectivity index (χ1n) is 12.5. The lowest BCUT2D eigenvalue weighted by atomic mass is 10.0. The molecule has 2 aliphatic rings. The molecule has 0 bridgehead atoms. The summed E-state index contributed by atoms with van der Waals surface area (Å²) in [6.07, 6.45) is 2.96. The summed E-state index contributed by atoms with van der Waals surface area (Å²) in [5.74, 6) is 0.439. The number of rotatable bonds is 4. The lowest BCUT2D eigenvalue weighted by molar-refractivity contribution is 0.0293. The first kappa shape index (κ1) is 24.2. The van der Waals surface area contributed by atoms with Crippen molar-refractivity contribution in [1.29, 1.82) is 0 Å². The maximum absolute atomic E-state index is 13.8. The topological polar surface area (TPSA) is 98.6 Å². The third-order valence-corrected chi connectivity index (χ3v) is 6.65. The van der Waals surface area contributed by atoms with E-state index >= 15 is 0 Å². The molecule has 1 unspecified atom stereocenters. The van der Waals surface area contributed by atoms with Crippen LogP contribution in [-0.4, -0.2) is 63.5 Å². The summed E-state index contributed by atoms with van der Waals surface area (Å²) < 4.78 is 12.9. The van der Waals surface area contributed by atoms with Crippen molar-refractivity contribution >= 4 is 23.1 Å². The molecule has 36 heavy (non-hydrogen) atoms. The zero-order valence-corrected chi connectivity index (χ0v) is 21.3. The Kier molecular flexibility index (Phi) is 6.42. The number of anilines is 1. The third kappa shape index (κ3) is 4.93. The van der Waals surface area contributed by atoms with Crippen LogP contribution in [0.2, 0.25) is 0 Å². The first-order chi connectivity index (χ1) is 17.2. The van der Waals surface area contributed by atoms with Crippen molar-refractivity contribution in [2.24, 2.45) is 0 Å². The number of amides is 1. The van der Waals surface area contributed by atoms with Gasteiger partial charge in [-0.1, -0.05) is 24.3 Å². The van der Waals surface area contributed by atoms with Crippen molar-refractivity contribution in [3.05, 3.63) is 52.4 Å². The number of nitrogens with zero attached hydrogens (tertiary/aromatic N) is 4. The molecule has 0 radical (unpaired) electrons. The number of pyridine rings is 1. The highest BCUT2D eigenvalue weighted by molar-refractivity contribution is 5.82. The molecular formula is C27H33N5O4. The van der Waals surface area contributed by atoms with Gasteiger partial charge in [-0.2, -0.15) is 4.98 Å². The van der Waals surface area contributed by atoms with E-state index < -0.39 is 5.60 Å². The highest BCUT2D eigenvalue weighted by Gasteiger charge is 2.30. The minimum absolute atomic E-state index is 0.00352. The number of fused-ring (bicyclic) bond motifs is 1. The number of nitrogens with one attached hydrogen (secondary N) is 1. The van der Waals surface area contributed by atoms with E-state index in [-0.39, 0.29) is 23.7 Å². The number of ether oxygens (including phenoxy) is 2. The predicted molar refractivity (Wildman–Crippen MR) is 138 cm³/mol. The van der Waals surface area contributed by atoms with Crippen LogP contribution < -0.4 is 10.9 Å². The number of hydrogen-bond acceptors (Lipinski definition) is 7. The Morgan fingerprint density at radius 1 is 1.19 bits per heavy atom. The van der Waals surface area contributed by atoms with Gasteiger partial charge in [0.2, 0.25) is 5.95 Å². The van der Waals surface area contributed by atoms with Crippen LogP contribution in [-0.2, 0) is 9.47 Å². The average Bonchev–Trinajstić information content (AvgIpc) is 3.51. The van der Waals surface area contributed by atoms with Crippen molar-refractivity contribution in [3.63, 3.8) is 0 Å². The zero-order chi connectivity index (χ0) is 25.4. The van der Waals surface area contributed by atoms with Gasteiger partial charge in [0, 0.05) is 42.9 Å². The van der Waals surface area contributed by atoms with Gasteiger partial charge >= 0.3 is 6.09 Å². The monoisotopic (exact) mass is 491 g/mol. The van der Waals surface area contributed by atoms with E-state index in [4.69, 9.17) is 14.5 Å². The van der Waals surface area contributed by atoms with Crippen LogP contribution in [0.15, 0.2) is 41.3 Å². The summed E-state index contributed by atoms with van der Waals surface area (Å²) in [7, 11) is 0. The fourth-order valence-electron chi connectivity index (χ4n) is 4.88. The Hall–Kier alpha value is -3.46. The van der Waals surface area contributed by atoms with Gasteiger partial charge < -0.3 is 19.7 Å². The molecule has 1 amide bonds. The fraction of sp³-hybridized carbons (Fsp3) is 0.481. The third-order valence-electron chi connectivity index (χ3n) is 6.65. The smallest absolute Gasteiger partial charge is 0.410 e. The Morgan fingerprint density at radius 3 is 2.72 bits per heavy atom. The second-order valence-corrected chi connectivity index (χ2v) is 10.6. The molecule has 0 aliphatic carbocycles. The SMILES string of the molecule is Cc1ccccc1-c1cc2cnc(N[C@H]3CCN(C(=O)OC(C)(C)C)C3)nc2n(C2CCOC2)c1=O. The van der Waals surface area contributed by atoms with Crippen LogP contribution in [0.3, 0.4) is 0 Å². The van der Waals surface area contributed by atoms with Gasteiger partial charge in [0.1, 0.15) is 11.2 Å². The number of hydrogen-bond donors (Lipinski definition) is 1. The van der Waals surface area contributed by atoms with Gasteiger partial charge in [0.15, 0.2) is 0 Å². The molecule has 2 fully saturated rings. The molecule has 2 atom stereocenters. The standard InChI is InChI=1S/C27H33N5O4/c1-17-7-5-6-8-21(17)22-13-18-14-28-25(30-23(18)32(24(22)33)20-10-12-35-16-20)29-19-9-11-31(15-19)26(34)36-27(2,3)4/h5-8,13-14,19-20H,9-12,15-16H2,1-4H3,(H,28,29,30)/t19-,20?/m0/s1. The summed E-state index contributed by atoms with van der Waals surface area (Å²) in [5, 5.41) is 4.15. The normalized spacial score (nSPS) is 20.2. The Bertz CT molecular complexity index is 1340. The fourth-order valence-corrected chi connectivity index (χ4v) is 4.88. The highest BCUT2D eigenvalue weighted by atomic mass is 16.6. The van der Waals surface area contributed by atoms with Crippen LogP contribution >= 0.6 is 0 Å². The summed E-state index contributed by atoms with van der Waals surface area (Å²) >= 11 is 0. The van der Waals surface area contributed by atoms with Crippen LogP contribution in [0, 0.1) is 6.92 Å². The zero-order valence-electron chi connectivity index (χ0n) is 21.3. The van der Waals surface area contributed by atoms with E-state index in [0.29, 0.717) is 43.5 Å². The first-order valence-corrected chi connectivity index (χ1v) is 12.5. The molecule has 0 spiro atoms.